The second kappa shape index (κ2) is 6.86. The summed E-state index contributed by atoms with van der Waals surface area (Å²) in [5.74, 6) is -0.0515. The summed E-state index contributed by atoms with van der Waals surface area (Å²) in [6, 6.07) is -0.273. The topological polar surface area (TPSA) is 52.6 Å². The van der Waals surface area contributed by atoms with E-state index >= 15 is 0 Å². The fraction of sp³-hybridized carbons (Fsp3) is 0.917. The molecule has 0 aromatic rings. The molecule has 0 aromatic heterocycles. The first-order valence-electron chi connectivity index (χ1n) is 6.30. The first-order valence-corrected chi connectivity index (χ1v) is 6.30. The van der Waals surface area contributed by atoms with Crippen LogP contribution in [0.15, 0.2) is 0 Å². The zero-order valence-corrected chi connectivity index (χ0v) is 10.4. The average molecular weight is 228 g/mol. The minimum atomic E-state index is -0.660. The van der Waals surface area contributed by atoms with E-state index in [2.05, 4.69) is 10.2 Å². The molecule has 2 atom stereocenters. The Kier molecular flexibility index (Phi) is 5.77. The van der Waals surface area contributed by atoms with E-state index in [-0.39, 0.29) is 6.04 Å². The van der Waals surface area contributed by atoms with Gasteiger partial charge < -0.3 is 10.4 Å². The number of carbonyl (C=O) groups is 1. The van der Waals surface area contributed by atoms with Crippen molar-refractivity contribution in [2.45, 2.75) is 38.6 Å². The number of hydrogen-bond donors (Lipinski definition) is 2. The largest absolute Gasteiger partial charge is 0.480 e. The quantitative estimate of drug-likeness (QED) is 0.716. The van der Waals surface area contributed by atoms with Gasteiger partial charge in [0.2, 0.25) is 0 Å². The molecular formula is C12H24N2O2. The molecule has 4 heteroatoms. The van der Waals surface area contributed by atoms with Crippen molar-refractivity contribution in [1.82, 2.24) is 10.2 Å². The predicted octanol–water partition coefficient (Wildman–Crippen LogP) is 1.17. The van der Waals surface area contributed by atoms with Crippen LogP contribution in [0, 0.1) is 5.92 Å². The fourth-order valence-electron chi connectivity index (χ4n) is 2.57. The molecule has 0 bridgehead atoms. The maximum atomic E-state index is 11.2. The second-order valence-corrected chi connectivity index (χ2v) is 4.70. The minimum absolute atomic E-state index is 0.273. The molecule has 16 heavy (non-hydrogen) atoms. The zero-order valence-electron chi connectivity index (χ0n) is 10.4. The van der Waals surface area contributed by atoms with Crippen LogP contribution in [0.2, 0.25) is 0 Å². The second-order valence-electron chi connectivity index (χ2n) is 4.70. The van der Waals surface area contributed by atoms with Gasteiger partial charge in [-0.15, -0.1) is 0 Å². The first-order chi connectivity index (χ1) is 7.69. The summed E-state index contributed by atoms with van der Waals surface area (Å²) in [7, 11) is 1.96. The zero-order chi connectivity index (χ0) is 12.0. The average Bonchev–Trinajstić information content (AvgIpc) is 2.26. The van der Waals surface area contributed by atoms with Crippen LogP contribution in [0.1, 0.15) is 32.6 Å². The molecule has 0 aromatic carbocycles. The van der Waals surface area contributed by atoms with E-state index in [1.807, 2.05) is 14.0 Å². The Morgan fingerprint density at radius 2 is 2.38 bits per heavy atom. The third-order valence-corrected chi connectivity index (χ3v) is 3.33. The third kappa shape index (κ3) is 3.76. The number of carboxylic acid groups (broad SMARTS) is 1. The van der Waals surface area contributed by atoms with Gasteiger partial charge in [-0.1, -0.05) is 13.3 Å². The van der Waals surface area contributed by atoms with Crippen LogP contribution < -0.4 is 5.32 Å². The molecule has 0 radical (unpaired) electrons. The van der Waals surface area contributed by atoms with E-state index in [0.29, 0.717) is 5.92 Å². The first kappa shape index (κ1) is 13.5. The lowest BCUT2D eigenvalue weighted by molar-refractivity contribution is -0.144. The molecule has 1 heterocycles. The van der Waals surface area contributed by atoms with E-state index in [1.165, 1.54) is 6.42 Å². The van der Waals surface area contributed by atoms with Crippen molar-refractivity contribution in [3.8, 4) is 0 Å². The normalized spacial score (nSPS) is 24.2. The van der Waals surface area contributed by atoms with Gasteiger partial charge in [0.05, 0.1) is 0 Å². The Labute approximate surface area is 98.0 Å². The number of piperidine rings is 1. The molecule has 1 aliphatic heterocycles. The van der Waals surface area contributed by atoms with Crippen molar-refractivity contribution in [1.29, 1.82) is 0 Å². The number of aliphatic carboxylic acids is 1. The highest BCUT2D eigenvalue weighted by atomic mass is 16.4. The lowest BCUT2D eigenvalue weighted by Crippen LogP contribution is -2.48. The molecule has 4 nitrogen and oxygen atoms in total. The van der Waals surface area contributed by atoms with Crippen LogP contribution in [0.4, 0.5) is 0 Å². The van der Waals surface area contributed by atoms with E-state index in [4.69, 9.17) is 0 Å². The summed E-state index contributed by atoms with van der Waals surface area (Å²) >= 11 is 0. The Balaban J connectivity index is 2.52. The molecule has 2 unspecified atom stereocenters. The summed E-state index contributed by atoms with van der Waals surface area (Å²) in [6.07, 6.45) is 4.04. The van der Waals surface area contributed by atoms with Gasteiger partial charge in [0.25, 0.3) is 0 Å². The van der Waals surface area contributed by atoms with Gasteiger partial charge in [-0.2, -0.15) is 0 Å². The number of rotatable bonds is 6. The Morgan fingerprint density at radius 1 is 1.62 bits per heavy atom. The maximum Gasteiger partial charge on any atom is 0.320 e. The van der Waals surface area contributed by atoms with E-state index < -0.39 is 5.97 Å². The van der Waals surface area contributed by atoms with Gasteiger partial charge in [0, 0.05) is 6.54 Å². The highest BCUT2D eigenvalue weighted by Crippen LogP contribution is 2.20. The maximum absolute atomic E-state index is 11.2. The van der Waals surface area contributed by atoms with Gasteiger partial charge in [-0.25, -0.2) is 0 Å². The molecule has 1 fully saturated rings. The van der Waals surface area contributed by atoms with Crippen molar-refractivity contribution >= 4 is 5.97 Å². The number of nitrogens with one attached hydrogen (secondary N) is 1. The molecule has 94 valence electrons. The summed E-state index contributed by atoms with van der Waals surface area (Å²) in [5.41, 5.74) is 0. The molecule has 1 saturated heterocycles. The van der Waals surface area contributed by atoms with Crippen molar-refractivity contribution in [2.24, 2.45) is 5.92 Å². The van der Waals surface area contributed by atoms with E-state index in [1.54, 1.807) is 0 Å². The van der Waals surface area contributed by atoms with Gasteiger partial charge in [-0.3, -0.25) is 9.69 Å². The molecular weight excluding hydrogens is 204 g/mol. The Morgan fingerprint density at radius 3 is 2.94 bits per heavy atom. The van der Waals surface area contributed by atoms with E-state index in [9.17, 15) is 9.90 Å². The molecule has 0 spiro atoms. The molecule has 0 saturated carbocycles. The Hall–Kier alpha value is -0.610. The molecule has 0 aliphatic carbocycles. The summed E-state index contributed by atoms with van der Waals surface area (Å²) < 4.78 is 0. The van der Waals surface area contributed by atoms with Crippen LogP contribution in [-0.4, -0.2) is 48.7 Å². The number of hydrogen-bond acceptors (Lipinski definition) is 3. The van der Waals surface area contributed by atoms with Gasteiger partial charge in [-0.05, 0) is 45.3 Å². The highest BCUT2D eigenvalue weighted by Gasteiger charge is 2.29. The van der Waals surface area contributed by atoms with Gasteiger partial charge >= 0.3 is 5.97 Å². The van der Waals surface area contributed by atoms with Gasteiger partial charge in [0.1, 0.15) is 6.04 Å². The lowest BCUT2D eigenvalue weighted by Gasteiger charge is -2.36. The molecule has 1 aliphatic rings. The van der Waals surface area contributed by atoms with Crippen molar-refractivity contribution < 1.29 is 9.90 Å². The Bertz CT molecular complexity index is 219. The summed E-state index contributed by atoms with van der Waals surface area (Å²) in [4.78, 5) is 13.3. The molecule has 2 N–H and O–H groups in total. The van der Waals surface area contributed by atoms with Crippen LogP contribution >= 0.6 is 0 Å². The predicted molar refractivity (Wildman–Crippen MR) is 64.6 cm³/mol. The van der Waals surface area contributed by atoms with Crippen molar-refractivity contribution in [3.63, 3.8) is 0 Å². The van der Waals surface area contributed by atoms with Crippen molar-refractivity contribution in [2.75, 3.05) is 26.7 Å². The lowest BCUT2D eigenvalue weighted by atomic mass is 9.95. The van der Waals surface area contributed by atoms with Crippen LogP contribution in [0.3, 0.4) is 0 Å². The van der Waals surface area contributed by atoms with Crippen LogP contribution in [-0.2, 0) is 4.79 Å². The highest BCUT2D eigenvalue weighted by molar-refractivity contribution is 5.73. The summed E-state index contributed by atoms with van der Waals surface area (Å²) in [5, 5.41) is 12.4. The minimum Gasteiger partial charge on any atom is -0.480 e. The van der Waals surface area contributed by atoms with Crippen LogP contribution in [0.25, 0.3) is 0 Å². The SMILES string of the molecule is CCCC(C(=O)O)N1CCCC(CNC)C1. The monoisotopic (exact) mass is 228 g/mol. The molecule has 0 amide bonds. The van der Waals surface area contributed by atoms with E-state index in [0.717, 1.165) is 38.9 Å². The van der Waals surface area contributed by atoms with Gasteiger partial charge in [0.15, 0.2) is 0 Å². The number of likely N-dealkylation sites (tertiary alicyclic amines) is 1. The van der Waals surface area contributed by atoms with Crippen LogP contribution in [0.5, 0.6) is 0 Å². The van der Waals surface area contributed by atoms with Crippen molar-refractivity contribution in [3.05, 3.63) is 0 Å². The fourth-order valence-corrected chi connectivity index (χ4v) is 2.57. The summed E-state index contributed by atoms with van der Waals surface area (Å²) in [6.45, 7) is 4.91. The third-order valence-electron chi connectivity index (χ3n) is 3.33. The number of nitrogens with zero attached hydrogens (tertiary/aromatic N) is 1. The molecule has 1 rings (SSSR count). The number of carboxylic acids is 1. The smallest absolute Gasteiger partial charge is 0.320 e. The standard InChI is InChI=1S/C12H24N2O2/c1-3-5-11(12(15)16)14-7-4-6-10(9-14)8-13-2/h10-11,13H,3-9H2,1-2H3,(H,15,16).